The van der Waals surface area contributed by atoms with Gasteiger partial charge in [-0.05, 0) is 35.6 Å². The largest absolute Gasteiger partial charge is 0.411 e. The van der Waals surface area contributed by atoms with Crippen molar-refractivity contribution in [3.8, 4) is 11.1 Å². The summed E-state index contributed by atoms with van der Waals surface area (Å²) in [4.78, 5) is 0. The second-order valence-corrected chi connectivity index (χ2v) is 4.28. The van der Waals surface area contributed by atoms with E-state index in [0.717, 1.165) is 24.1 Å². The Kier molecular flexibility index (Phi) is 2.41. The van der Waals surface area contributed by atoms with Gasteiger partial charge in [0.25, 0.3) is 0 Å². The van der Waals surface area contributed by atoms with E-state index >= 15 is 0 Å². The van der Waals surface area contributed by atoms with Crippen LogP contribution in [0.3, 0.4) is 0 Å². The lowest BCUT2D eigenvalue weighted by Gasteiger charge is -2.05. The van der Waals surface area contributed by atoms with Gasteiger partial charge < -0.3 is 5.21 Å². The van der Waals surface area contributed by atoms with E-state index in [4.69, 9.17) is 5.21 Å². The quantitative estimate of drug-likeness (QED) is 0.582. The molecule has 17 heavy (non-hydrogen) atoms. The molecule has 0 radical (unpaired) electrons. The molecular weight excluding hydrogens is 210 g/mol. The molecule has 84 valence electrons. The van der Waals surface area contributed by atoms with Gasteiger partial charge in [0.15, 0.2) is 0 Å². The topological polar surface area (TPSA) is 32.6 Å². The fourth-order valence-corrected chi connectivity index (χ4v) is 2.36. The van der Waals surface area contributed by atoms with Crippen molar-refractivity contribution in [3.05, 3.63) is 59.7 Å². The van der Waals surface area contributed by atoms with E-state index in [1.165, 1.54) is 16.7 Å². The molecule has 0 heterocycles. The van der Waals surface area contributed by atoms with Crippen LogP contribution in [0.2, 0.25) is 0 Å². The van der Waals surface area contributed by atoms with Crippen LogP contribution in [-0.2, 0) is 6.42 Å². The van der Waals surface area contributed by atoms with Crippen LogP contribution in [-0.4, -0.2) is 10.9 Å². The Morgan fingerprint density at radius 3 is 2.47 bits per heavy atom. The van der Waals surface area contributed by atoms with Crippen LogP contribution >= 0.6 is 0 Å². The second-order valence-electron chi connectivity index (χ2n) is 4.28. The van der Waals surface area contributed by atoms with Crippen molar-refractivity contribution in [3.63, 3.8) is 0 Å². The minimum absolute atomic E-state index is 0.804. The molecule has 0 saturated heterocycles. The summed E-state index contributed by atoms with van der Waals surface area (Å²) in [5.74, 6) is 0. The molecule has 2 aromatic carbocycles. The molecule has 0 saturated carbocycles. The van der Waals surface area contributed by atoms with E-state index in [9.17, 15) is 0 Å². The molecular formula is C15H13NO. The van der Waals surface area contributed by atoms with Crippen molar-refractivity contribution in [1.29, 1.82) is 0 Å². The van der Waals surface area contributed by atoms with Crippen LogP contribution in [0.4, 0.5) is 0 Å². The van der Waals surface area contributed by atoms with E-state index in [-0.39, 0.29) is 0 Å². The Balaban J connectivity index is 2.11. The fourth-order valence-electron chi connectivity index (χ4n) is 2.36. The minimum Gasteiger partial charge on any atom is -0.411 e. The third kappa shape index (κ3) is 1.72. The molecule has 0 fully saturated rings. The summed E-state index contributed by atoms with van der Waals surface area (Å²) in [6.07, 6.45) is 1.81. The third-order valence-corrected chi connectivity index (χ3v) is 3.28. The summed E-state index contributed by atoms with van der Waals surface area (Å²) in [7, 11) is 0. The van der Waals surface area contributed by atoms with Gasteiger partial charge in [-0.1, -0.05) is 47.6 Å². The first-order valence-corrected chi connectivity index (χ1v) is 5.78. The van der Waals surface area contributed by atoms with Crippen LogP contribution in [0.1, 0.15) is 17.5 Å². The first kappa shape index (κ1) is 10.1. The van der Waals surface area contributed by atoms with Gasteiger partial charge in [-0.15, -0.1) is 0 Å². The molecule has 1 N–H and O–H groups in total. The summed E-state index contributed by atoms with van der Waals surface area (Å²) in [6.45, 7) is 0. The monoisotopic (exact) mass is 223 g/mol. The van der Waals surface area contributed by atoms with Crippen molar-refractivity contribution < 1.29 is 5.21 Å². The van der Waals surface area contributed by atoms with Gasteiger partial charge in [-0.2, -0.15) is 0 Å². The van der Waals surface area contributed by atoms with Crippen LogP contribution in [0.25, 0.3) is 11.1 Å². The number of nitrogens with zero attached hydrogens (tertiary/aromatic N) is 1. The summed E-state index contributed by atoms with van der Waals surface area (Å²) >= 11 is 0. The second kappa shape index (κ2) is 4.06. The summed E-state index contributed by atoms with van der Waals surface area (Å²) in [5, 5.41) is 12.3. The molecule has 2 aromatic rings. The zero-order valence-electron chi connectivity index (χ0n) is 9.43. The predicted octanol–water partition coefficient (Wildman–Crippen LogP) is 3.48. The van der Waals surface area contributed by atoms with Gasteiger partial charge in [0.2, 0.25) is 0 Å². The Hall–Kier alpha value is -2.09. The van der Waals surface area contributed by atoms with Crippen molar-refractivity contribution in [2.24, 2.45) is 5.16 Å². The molecule has 3 rings (SSSR count). The van der Waals surface area contributed by atoms with Gasteiger partial charge >= 0.3 is 0 Å². The Bertz CT molecular complexity index is 573. The van der Waals surface area contributed by atoms with Crippen molar-refractivity contribution in [1.82, 2.24) is 0 Å². The third-order valence-electron chi connectivity index (χ3n) is 3.28. The van der Waals surface area contributed by atoms with Gasteiger partial charge in [-0.25, -0.2) is 0 Å². The highest BCUT2D eigenvalue weighted by Crippen LogP contribution is 2.28. The average Bonchev–Trinajstić information content (AvgIpc) is 2.81. The number of benzene rings is 2. The maximum Gasteiger partial charge on any atom is 0.0874 e. The molecule has 2 heteroatoms. The molecule has 0 bridgehead atoms. The minimum atomic E-state index is 0.804. The van der Waals surface area contributed by atoms with E-state index in [1.807, 2.05) is 18.2 Å². The van der Waals surface area contributed by atoms with Gasteiger partial charge in [0, 0.05) is 5.56 Å². The van der Waals surface area contributed by atoms with Crippen molar-refractivity contribution in [2.45, 2.75) is 12.8 Å². The molecule has 1 aliphatic rings. The zero-order valence-corrected chi connectivity index (χ0v) is 9.43. The average molecular weight is 223 g/mol. The number of fused-ring (bicyclic) bond motifs is 1. The molecule has 0 aromatic heterocycles. The SMILES string of the molecule is O/N=C1\CCc2ccc(-c3ccccc3)cc21. The van der Waals surface area contributed by atoms with Gasteiger partial charge in [0.05, 0.1) is 5.71 Å². The van der Waals surface area contributed by atoms with Crippen LogP contribution < -0.4 is 0 Å². The predicted molar refractivity (Wildman–Crippen MR) is 68.5 cm³/mol. The smallest absolute Gasteiger partial charge is 0.0874 e. The maximum absolute atomic E-state index is 8.96. The summed E-state index contributed by atoms with van der Waals surface area (Å²) in [5.41, 5.74) is 5.54. The van der Waals surface area contributed by atoms with Crippen molar-refractivity contribution >= 4 is 5.71 Å². The lowest BCUT2D eigenvalue weighted by Crippen LogP contribution is -1.94. The number of rotatable bonds is 1. The molecule has 2 nitrogen and oxygen atoms in total. The maximum atomic E-state index is 8.96. The fraction of sp³-hybridized carbons (Fsp3) is 0.133. The summed E-state index contributed by atoms with van der Waals surface area (Å²) < 4.78 is 0. The Morgan fingerprint density at radius 1 is 0.882 bits per heavy atom. The lowest BCUT2D eigenvalue weighted by atomic mass is 10.0. The first-order valence-electron chi connectivity index (χ1n) is 5.78. The zero-order chi connectivity index (χ0) is 11.7. The number of hydrogen-bond acceptors (Lipinski definition) is 2. The first-order chi connectivity index (χ1) is 8.38. The van der Waals surface area contributed by atoms with E-state index in [2.05, 4.69) is 35.5 Å². The molecule has 0 aliphatic heterocycles. The van der Waals surface area contributed by atoms with Crippen LogP contribution in [0, 0.1) is 0 Å². The van der Waals surface area contributed by atoms with E-state index in [0.29, 0.717) is 0 Å². The highest BCUT2D eigenvalue weighted by Gasteiger charge is 2.18. The highest BCUT2D eigenvalue weighted by molar-refractivity contribution is 6.05. The number of hydrogen-bond donors (Lipinski definition) is 1. The van der Waals surface area contributed by atoms with Gasteiger partial charge in [0.1, 0.15) is 0 Å². The highest BCUT2D eigenvalue weighted by atomic mass is 16.4. The van der Waals surface area contributed by atoms with Crippen molar-refractivity contribution in [2.75, 3.05) is 0 Å². The number of oxime groups is 1. The number of aryl methyl sites for hydroxylation is 1. The Morgan fingerprint density at radius 2 is 1.71 bits per heavy atom. The molecule has 0 spiro atoms. The molecule has 0 unspecified atom stereocenters. The molecule has 0 atom stereocenters. The Labute approximate surface area is 100 Å². The van der Waals surface area contributed by atoms with Crippen LogP contribution in [0.5, 0.6) is 0 Å². The normalized spacial score (nSPS) is 16.1. The molecule has 1 aliphatic carbocycles. The lowest BCUT2D eigenvalue weighted by molar-refractivity contribution is 0.318. The van der Waals surface area contributed by atoms with Gasteiger partial charge in [-0.3, -0.25) is 0 Å². The summed E-state index contributed by atoms with van der Waals surface area (Å²) in [6, 6.07) is 16.6. The standard InChI is InChI=1S/C15H13NO/c17-16-15-9-8-12-6-7-13(10-14(12)15)11-4-2-1-3-5-11/h1-7,10,17H,8-9H2/b16-15+. The van der Waals surface area contributed by atoms with Crippen LogP contribution in [0.15, 0.2) is 53.7 Å². The van der Waals surface area contributed by atoms with E-state index < -0.39 is 0 Å². The molecule has 0 amide bonds. The van der Waals surface area contributed by atoms with E-state index in [1.54, 1.807) is 0 Å².